The Hall–Kier alpha value is -3.72. The average Bonchev–Trinajstić information content (AvgIpc) is 3.36. The molecule has 0 N–H and O–H groups in total. The Bertz CT molecular complexity index is 1730. The highest BCUT2D eigenvalue weighted by molar-refractivity contribution is 6.25. The van der Waals surface area contributed by atoms with Gasteiger partial charge in [-0.3, -0.25) is 0 Å². The Labute approximate surface area is 159 Å². The number of para-hydroxylation sites is 2. The number of furan rings is 2. The number of benzene rings is 4. The fraction of sp³-hybridized carbons (Fsp3) is 0.0400. The summed E-state index contributed by atoms with van der Waals surface area (Å²) in [5.74, 6) is 0. The lowest BCUT2D eigenvalue weighted by Gasteiger charge is -1.99. The fourth-order valence-corrected chi connectivity index (χ4v) is 4.74. The second-order valence-corrected chi connectivity index (χ2v) is 7.46. The molecule has 28 heavy (non-hydrogen) atoms. The molecule has 3 heterocycles. The van der Waals surface area contributed by atoms with Crippen LogP contribution in [0, 0.1) is 0 Å². The SMILES string of the molecule is Cn1c2cc3oc4ccccc4c3cc2c2ccc3oc4ccccc4c3c21. The number of aryl methyl sites for hydroxylation is 1. The topological polar surface area (TPSA) is 31.2 Å². The molecule has 7 rings (SSSR count). The van der Waals surface area contributed by atoms with Crippen LogP contribution in [0.25, 0.3) is 65.7 Å². The largest absolute Gasteiger partial charge is 0.456 e. The zero-order valence-corrected chi connectivity index (χ0v) is 15.2. The average molecular weight is 361 g/mol. The second-order valence-electron chi connectivity index (χ2n) is 7.46. The van der Waals surface area contributed by atoms with Crippen LogP contribution in [0.15, 0.2) is 81.6 Å². The van der Waals surface area contributed by atoms with Gasteiger partial charge in [-0.15, -0.1) is 0 Å². The third-order valence-electron chi connectivity index (χ3n) is 6.00. The fourth-order valence-electron chi connectivity index (χ4n) is 4.74. The maximum absolute atomic E-state index is 6.12. The number of nitrogens with zero attached hydrogens (tertiary/aromatic N) is 1. The van der Waals surface area contributed by atoms with E-state index in [4.69, 9.17) is 8.83 Å². The highest BCUT2D eigenvalue weighted by Crippen LogP contribution is 2.41. The van der Waals surface area contributed by atoms with Gasteiger partial charge in [-0.2, -0.15) is 0 Å². The third kappa shape index (κ3) is 1.61. The number of rotatable bonds is 0. The number of fused-ring (bicyclic) bond motifs is 10. The lowest BCUT2D eigenvalue weighted by Crippen LogP contribution is -1.87. The summed E-state index contributed by atoms with van der Waals surface area (Å²) in [7, 11) is 2.13. The first kappa shape index (κ1) is 14.4. The summed E-state index contributed by atoms with van der Waals surface area (Å²) in [6.45, 7) is 0. The van der Waals surface area contributed by atoms with Gasteiger partial charge in [-0.05, 0) is 30.3 Å². The molecule has 0 aliphatic rings. The van der Waals surface area contributed by atoms with Crippen LogP contribution in [0.5, 0.6) is 0 Å². The van der Waals surface area contributed by atoms with Crippen LogP contribution in [-0.2, 0) is 7.05 Å². The normalized spacial score (nSPS) is 12.5. The quantitative estimate of drug-likeness (QED) is 0.288. The van der Waals surface area contributed by atoms with Gasteiger partial charge in [-0.25, -0.2) is 0 Å². The molecular formula is C25H15NO2. The molecule has 0 saturated heterocycles. The van der Waals surface area contributed by atoms with Crippen LogP contribution < -0.4 is 0 Å². The molecule has 4 aromatic carbocycles. The van der Waals surface area contributed by atoms with E-state index in [0.717, 1.165) is 38.5 Å². The first-order chi connectivity index (χ1) is 13.8. The van der Waals surface area contributed by atoms with E-state index in [0.29, 0.717) is 0 Å². The van der Waals surface area contributed by atoms with Crippen LogP contribution in [0.2, 0.25) is 0 Å². The van der Waals surface area contributed by atoms with Crippen molar-refractivity contribution in [3.63, 3.8) is 0 Å². The van der Waals surface area contributed by atoms with E-state index in [1.165, 1.54) is 27.2 Å². The Morgan fingerprint density at radius 3 is 2.14 bits per heavy atom. The minimum atomic E-state index is 0.924. The van der Waals surface area contributed by atoms with Crippen LogP contribution in [0.1, 0.15) is 0 Å². The van der Waals surface area contributed by atoms with Gasteiger partial charge in [0.15, 0.2) is 0 Å². The Kier molecular flexibility index (Phi) is 2.44. The summed E-state index contributed by atoms with van der Waals surface area (Å²) < 4.78 is 14.5. The lowest BCUT2D eigenvalue weighted by atomic mass is 10.1. The predicted molar refractivity (Wildman–Crippen MR) is 115 cm³/mol. The standard InChI is InChI=1S/C25H15NO2/c1-26-19-13-23-18(14-6-2-4-8-20(14)28-23)12-17(19)15-10-11-22-24(25(15)26)16-7-3-5-9-21(16)27-22/h2-13H,1H3. The maximum Gasteiger partial charge on any atom is 0.137 e. The number of hydrogen-bond acceptors (Lipinski definition) is 2. The van der Waals surface area contributed by atoms with Crippen LogP contribution in [0.4, 0.5) is 0 Å². The van der Waals surface area contributed by atoms with Gasteiger partial charge >= 0.3 is 0 Å². The molecule has 0 unspecified atom stereocenters. The molecule has 0 amide bonds. The van der Waals surface area contributed by atoms with E-state index < -0.39 is 0 Å². The van der Waals surface area contributed by atoms with Crippen LogP contribution in [0.3, 0.4) is 0 Å². The van der Waals surface area contributed by atoms with Crippen molar-refractivity contribution >= 4 is 65.7 Å². The van der Waals surface area contributed by atoms with Crippen molar-refractivity contribution in [2.75, 3.05) is 0 Å². The van der Waals surface area contributed by atoms with Crippen LogP contribution in [-0.4, -0.2) is 4.57 Å². The smallest absolute Gasteiger partial charge is 0.137 e. The minimum absolute atomic E-state index is 0.924. The Morgan fingerprint density at radius 1 is 0.571 bits per heavy atom. The molecule has 0 fully saturated rings. The Balaban J connectivity index is 1.74. The van der Waals surface area contributed by atoms with Gasteiger partial charge in [0.25, 0.3) is 0 Å². The Morgan fingerprint density at radius 2 is 1.29 bits per heavy atom. The van der Waals surface area contributed by atoms with Gasteiger partial charge in [0, 0.05) is 40.0 Å². The van der Waals surface area contributed by atoms with E-state index >= 15 is 0 Å². The highest BCUT2D eigenvalue weighted by Gasteiger charge is 2.18. The third-order valence-corrected chi connectivity index (χ3v) is 6.00. The molecule has 0 bridgehead atoms. The van der Waals surface area contributed by atoms with Crippen molar-refractivity contribution in [2.24, 2.45) is 7.05 Å². The second kappa shape index (κ2) is 4.76. The summed E-state index contributed by atoms with van der Waals surface area (Å²) in [6.07, 6.45) is 0. The zero-order valence-electron chi connectivity index (χ0n) is 15.2. The van der Waals surface area contributed by atoms with Crippen molar-refractivity contribution < 1.29 is 8.83 Å². The molecule has 0 saturated carbocycles. The molecule has 132 valence electrons. The minimum Gasteiger partial charge on any atom is -0.456 e. The molecule has 0 spiro atoms. The molecule has 7 aromatic rings. The van der Waals surface area contributed by atoms with Gasteiger partial charge < -0.3 is 13.4 Å². The van der Waals surface area contributed by atoms with Crippen molar-refractivity contribution in [1.82, 2.24) is 4.57 Å². The summed E-state index contributed by atoms with van der Waals surface area (Å²) >= 11 is 0. The van der Waals surface area contributed by atoms with E-state index in [2.05, 4.69) is 60.1 Å². The highest BCUT2D eigenvalue weighted by atomic mass is 16.3. The zero-order chi connectivity index (χ0) is 18.4. The van der Waals surface area contributed by atoms with Crippen molar-refractivity contribution in [1.29, 1.82) is 0 Å². The monoisotopic (exact) mass is 361 g/mol. The van der Waals surface area contributed by atoms with E-state index in [1.807, 2.05) is 24.3 Å². The summed E-state index contributed by atoms with van der Waals surface area (Å²) in [6, 6.07) is 25.2. The van der Waals surface area contributed by atoms with E-state index in [-0.39, 0.29) is 0 Å². The van der Waals surface area contributed by atoms with Crippen LogP contribution >= 0.6 is 0 Å². The molecule has 0 aliphatic carbocycles. The van der Waals surface area contributed by atoms with Gasteiger partial charge in [0.1, 0.15) is 22.3 Å². The summed E-state index contributed by atoms with van der Waals surface area (Å²) in [4.78, 5) is 0. The number of hydrogen-bond donors (Lipinski definition) is 0. The summed E-state index contributed by atoms with van der Waals surface area (Å²) in [5, 5.41) is 7.13. The predicted octanol–water partition coefficient (Wildman–Crippen LogP) is 7.13. The molecule has 3 aromatic heterocycles. The van der Waals surface area contributed by atoms with Gasteiger partial charge in [0.2, 0.25) is 0 Å². The molecule has 0 radical (unpaired) electrons. The molecule has 3 nitrogen and oxygen atoms in total. The molecule has 3 heteroatoms. The maximum atomic E-state index is 6.12. The molecule has 0 atom stereocenters. The molecular weight excluding hydrogens is 346 g/mol. The van der Waals surface area contributed by atoms with Gasteiger partial charge in [-0.1, -0.05) is 36.4 Å². The van der Waals surface area contributed by atoms with Crippen molar-refractivity contribution in [2.45, 2.75) is 0 Å². The summed E-state index contributed by atoms with van der Waals surface area (Å²) in [5.41, 5.74) is 6.07. The number of aromatic nitrogens is 1. The first-order valence-electron chi connectivity index (χ1n) is 9.43. The van der Waals surface area contributed by atoms with Crippen molar-refractivity contribution in [3.05, 3.63) is 72.8 Å². The molecule has 0 aliphatic heterocycles. The van der Waals surface area contributed by atoms with Crippen molar-refractivity contribution in [3.8, 4) is 0 Å². The van der Waals surface area contributed by atoms with Gasteiger partial charge in [0.05, 0.1) is 16.4 Å². The lowest BCUT2D eigenvalue weighted by molar-refractivity contribution is 0.669. The van der Waals surface area contributed by atoms with E-state index in [9.17, 15) is 0 Å². The van der Waals surface area contributed by atoms with E-state index in [1.54, 1.807) is 0 Å². The first-order valence-corrected chi connectivity index (χ1v) is 9.43.